The summed E-state index contributed by atoms with van der Waals surface area (Å²) in [7, 11) is 0. The molecule has 0 aliphatic heterocycles. The zero-order chi connectivity index (χ0) is 14.1. The molecule has 3 aromatic rings. The van der Waals surface area contributed by atoms with Gasteiger partial charge >= 0.3 is 0 Å². The number of aromatic nitrogens is 2. The van der Waals surface area contributed by atoms with Crippen molar-refractivity contribution in [2.24, 2.45) is 0 Å². The van der Waals surface area contributed by atoms with Gasteiger partial charge in [0.1, 0.15) is 0 Å². The summed E-state index contributed by atoms with van der Waals surface area (Å²) in [5.74, 6) is 1.51. The monoisotopic (exact) mass is 275 g/mol. The maximum atomic E-state index is 4.43. The normalized spacial score (nSPS) is 16.1. The van der Waals surface area contributed by atoms with E-state index in [-0.39, 0.29) is 0 Å². The highest BCUT2D eigenvalue weighted by molar-refractivity contribution is 5.53. The van der Waals surface area contributed by atoms with Gasteiger partial charge in [0.2, 0.25) is 5.95 Å². The van der Waals surface area contributed by atoms with Crippen LogP contribution in [-0.4, -0.2) is 9.55 Å². The molecular weight excluding hydrogens is 258 g/mol. The van der Waals surface area contributed by atoms with Crippen molar-refractivity contribution >= 4 is 11.6 Å². The average Bonchev–Trinajstić information content (AvgIpc) is 2.93. The van der Waals surface area contributed by atoms with Gasteiger partial charge in [0.15, 0.2) is 0 Å². The Morgan fingerprint density at radius 3 is 2.71 bits per heavy atom. The van der Waals surface area contributed by atoms with Crippen LogP contribution in [0.3, 0.4) is 0 Å². The lowest BCUT2D eigenvalue weighted by Crippen LogP contribution is -2.22. The second-order valence-electron chi connectivity index (χ2n) is 5.49. The molecule has 1 aliphatic rings. The Bertz CT molecular complexity index is 746. The van der Waals surface area contributed by atoms with Crippen LogP contribution in [0, 0.1) is 0 Å². The van der Waals surface area contributed by atoms with Crippen molar-refractivity contribution in [2.45, 2.75) is 18.9 Å². The van der Waals surface area contributed by atoms with Crippen LogP contribution >= 0.6 is 0 Å². The summed E-state index contributed by atoms with van der Waals surface area (Å²) in [4.78, 5) is 4.43. The van der Waals surface area contributed by atoms with Crippen LogP contribution in [0.15, 0.2) is 67.0 Å². The minimum atomic E-state index is 0.603. The van der Waals surface area contributed by atoms with E-state index in [1.165, 1.54) is 17.5 Å². The molecule has 0 radical (unpaired) electrons. The van der Waals surface area contributed by atoms with Crippen LogP contribution in [-0.2, 0) is 13.0 Å². The maximum absolute atomic E-state index is 4.43. The van der Waals surface area contributed by atoms with Gasteiger partial charge in [-0.25, -0.2) is 4.98 Å². The first-order chi connectivity index (χ1) is 10.4. The topological polar surface area (TPSA) is 29.9 Å². The lowest BCUT2D eigenvalue weighted by Gasteiger charge is -2.30. The van der Waals surface area contributed by atoms with E-state index in [0.717, 1.165) is 18.2 Å². The fourth-order valence-electron chi connectivity index (χ4n) is 2.99. The second-order valence-corrected chi connectivity index (χ2v) is 5.49. The first-order valence-corrected chi connectivity index (χ1v) is 7.31. The molecule has 0 bridgehead atoms. The molecule has 2 aromatic carbocycles. The fraction of sp³-hybridized carbons (Fsp3) is 0.167. The second kappa shape index (κ2) is 5.09. The van der Waals surface area contributed by atoms with Gasteiger partial charge in [-0.2, -0.15) is 0 Å². The molecule has 1 aromatic heterocycles. The highest BCUT2D eigenvalue weighted by atomic mass is 15.2. The zero-order valence-corrected chi connectivity index (χ0v) is 11.7. The standard InChI is InChI=1S/C18H17N3/c1-2-7-16(8-3-1)20-18-19-10-11-21(18)13-15-12-14-6-4-5-9-17(14)15/h1-11,15H,12-13H2,(H,19,20). The summed E-state index contributed by atoms with van der Waals surface area (Å²) in [6.07, 6.45) is 5.07. The van der Waals surface area contributed by atoms with Crippen molar-refractivity contribution in [2.75, 3.05) is 5.32 Å². The number of nitrogens with zero attached hydrogens (tertiary/aromatic N) is 2. The molecule has 3 nitrogen and oxygen atoms in total. The van der Waals surface area contributed by atoms with E-state index in [0.29, 0.717) is 5.92 Å². The lowest BCUT2D eigenvalue weighted by molar-refractivity contribution is 0.512. The number of imidazole rings is 1. The molecule has 1 atom stereocenters. The molecule has 1 N–H and O–H groups in total. The predicted molar refractivity (Wildman–Crippen MR) is 84.8 cm³/mol. The number of nitrogens with one attached hydrogen (secondary N) is 1. The number of hydrogen-bond donors (Lipinski definition) is 1. The molecule has 4 rings (SSSR count). The van der Waals surface area contributed by atoms with E-state index in [9.17, 15) is 0 Å². The number of benzene rings is 2. The predicted octanol–water partition coefficient (Wildman–Crippen LogP) is 3.97. The average molecular weight is 275 g/mol. The molecule has 21 heavy (non-hydrogen) atoms. The van der Waals surface area contributed by atoms with Crippen molar-refractivity contribution < 1.29 is 0 Å². The van der Waals surface area contributed by atoms with E-state index in [4.69, 9.17) is 0 Å². The van der Waals surface area contributed by atoms with E-state index in [1.807, 2.05) is 30.6 Å². The summed E-state index contributed by atoms with van der Waals surface area (Å²) in [6, 6.07) is 18.9. The number of anilines is 2. The van der Waals surface area contributed by atoms with Gasteiger partial charge < -0.3 is 9.88 Å². The Balaban J connectivity index is 1.52. The van der Waals surface area contributed by atoms with E-state index in [1.54, 1.807) is 0 Å². The quantitative estimate of drug-likeness (QED) is 0.781. The molecule has 1 aliphatic carbocycles. The molecule has 3 heteroatoms. The Hall–Kier alpha value is -2.55. The largest absolute Gasteiger partial charge is 0.326 e. The van der Waals surface area contributed by atoms with Crippen molar-refractivity contribution in [3.8, 4) is 0 Å². The molecule has 1 heterocycles. The minimum absolute atomic E-state index is 0.603. The number of fused-ring (bicyclic) bond motifs is 1. The summed E-state index contributed by atoms with van der Waals surface area (Å²) in [5, 5.41) is 3.38. The highest BCUT2D eigenvalue weighted by Crippen LogP contribution is 2.36. The zero-order valence-electron chi connectivity index (χ0n) is 11.7. The molecule has 0 spiro atoms. The van der Waals surface area contributed by atoms with Crippen molar-refractivity contribution in [3.63, 3.8) is 0 Å². The SMILES string of the molecule is c1ccc(Nc2nccn2CC2Cc3ccccc32)cc1. The third-order valence-electron chi connectivity index (χ3n) is 4.12. The fourth-order valence-corrected chi connectivity index (χ4v) is 2.99. The Morgan fingerprint density at radius 2 is 1.86 bits per heavy atom. The number of para-hydroxylation sites is 1. The summed E-state index contributed by atoms with van der Waals surface area (Å²) in [6.45, 7) is 0.978. The minimum Gasteiger partial charge on any atom is -0.326 e. The molecule has 0 saturated carbocycles. The third kappa shape index (κ3) is 2.31. The van der Waals surface area contributed by atoms with Gasteiger partial charge in [-0.3, -0.25) is 0 Å². The molecule has 0 fully saturated rings. The number of rotatable bonds is 4. The van der Waals surface area contributed by atoms with Gasteiger partial charge in [0.05, 0.1) is 0 Å². The number of hydrogen-bond acceptors (Lipinski definition) is 2. The molecule has 104 valence electrons. The summed E-state index contributed by atoms with van der Waals surface area (Å²) >= 11 is 0. The first kappa shape index (κ1) is 12.2. The molecule has 0 amide bonds. The van der Waals surface area contributed by atoms with Crippen molar-refractivity contribution in [3.05, 3.63) is 78.1 Å². The highest BCUT2D eigenvalue weighted by Gasteiger charge is 2.26. The van der Waals surface area contributed by atoms with Gasteiger partial charge in [0.25, 0.3) is 0 Å². The first-order valence-electron chi connectivity index (χ1n) is 7.31. The van der Waals surface area contributed by atoms with E-state index < -0.39 is 0 Å². The van der Waals surface area contributed by atoms with Crippen LogP contribution < -0.4 is 5.32 Å². The Morgan fingerprint density at radius 1 is 1.05 bits per heavy atom. The van der Waals surface area contributed by atoms with Crippen LogP contribution in [0.4, 0.5) is 11.6 Å². The van der Waals surface area contributed by atoms with Crippen molar-refractivity contribution in [1.82, 2.24) is 9.55 Å². The summed E-state index contributed by atoms with van der Waals surface area (Å²) < 4.78 is 2.20. The van der Waals surface area contributed by atoms with E-state index >= 15 is 0 Å². The Kier molecular flexibility index (Phi) is 2.96. The van der Waals surface area contributed by atoms with Crippen molar-refractivity contribution in [1.29, 1.82) is 0 Å². The van der Waals surface area contributed by atoms with Gasteiger partial charge in [-0.05, 0) is 29.7 Å². The van der Waals surface area contributed by atoms with Crippen LogP contribution in [0.2, 0.25) is 0 Å². The molecule has 1 unspecified atom stereocenters. The molecule has 0 saturated heterocycles. The Labute approximate surface area is 124 Å². The third-order valence-corrected chi connectivity index (χ3v) is 4.12. The van der Waals surface area contributed by atoms with Crippen LogP contribution in [0.1, 0.15) is 17.0 Å². The lowest BCUT2D eigenvalue weighted by atomic mass is 9.77. The van der Waals surface area contributed by atoms with Crippen LogP contribution in [0.5, 0.6) is 0 Å². The van der Waals surface area contributed by atoms with E-state index in [2.05, 4.69) is 51.3 Å². The summed E-state index contributed by atoms with van der Waals surface area (Å²) in [5.41, 5.74) is 4.04. The van der Waals surface area contributed by atoms with Gasteiger partial charge in [0, 0.05) is 30.5 Å². The van der Waals surface area contributed by atoms with Crippen LogP contribution in [0.25, 0.3) is 0 Å². The van der Waals surface area contributed by atoms with Gasteiger partial charge in [-0.1, -0.05) is 42.5 Å². The maximum Gasteiger partial charge on any atom is 0.207 e. The van der Waals surface area contributed by atoms with Gasteiger partial charge in [-0.15, -0.1) is 0 Å². The smallest absolute Gasteiger partial charge is 0.207 e. The molecular formula is C18H17N3.